The van der Waals surface area contributed by atoms with Gasteiger partial charge in [0.05, 0.1) is 22.2 Å². The summed E-state index contributed by atoms with van der Waals surface area (Å²) in [5.74, 6) is -0.314. The van der Waals surface area contributed by atoms with Gasteiger partial charge < -0.3 is 11.1 Å². The molecular weight excluding hydrogens is 287 g/mol. The third kappa shape index (κ3) is 3.39. The van der Waals surface area contributed by atoms with Crippen molar-refractivity contribution in [2.45, 2.75) is 6.54 Å². The van der Waals surface area contributed by atoms with Crippen molar-refractivity contribution < 1.29 is 4.79 Å². The Hall–Kier alpha value is -1.72. The summed E-state index contributed by atoms with van der Waals surface area (Å²) in [6, 6.07) is 4.82. The summed E-state index contributed by atoms with van der Waals surface area (Å²) in [6.45, 7) is 1.01. The van der Waals surface area contributed by atoms with Gasteiger partial charge in [-0.1, -0.05) is 23.2 Å². The van der Waals surface area contributed by atoms with Crippen molar-refractivity contribution in [1.82, 2.24) is 15.1 Å². The Morgan fingerprint density at radius 3 is 2.89 bits per heavy atom. The minimum absolute atomic E-state index is 0.201. The molecular formula is C12H12Cl2N4O. The number of nitrogens with zero attached hydrogens (tertiary/aromatic N) is 2. The lowest BCUT2D eigenvalue weighted by Gasteiger charge is -2.09. The maximum absolute atomic E-state index is 12.0. The second kappa shape index (κ2) is 5.95. The van der Waals surface area contributed by atoms with Crippen LogP contribution in [0.25, 0.3) is 0 Å². The molecule has 1 aromatic carbocycles. The number of amides is 1. The molecule has 3 N–H and O–H groups in total. The molecule has 0 radical (unpaired) electrons. The summed E-state index contributed by atoms with van der Waals surface area (Å²) in [4.78, 5) is 12.0. The molecule has 2 rings (SSSR count). The van der Waals surface area contributed by atoms with Crippen molar-refractivity contribution in [3.8, 4) is 0 Å². The zero-order valence-corrected chi connectivity index (χ0v) is 11.4. The number of carbonyl (C=O) groups is 1. The molecule has 1 heterocycles. The van der Waals surface area contributed by atoms with Gasteiger partial charge in [-0.05, 0) is 18.2 Å². The predicted octanol–water partition coefficient (Wildman–Crippen LogP) is 2.20. The van der Waals surface area contributed by atoms with Crippen LogP contribution in [-0.2, 0) is 6.54 Å². The lowest BCUT2D eigenvalue weighted by molar-refractivity contribution is 0.0952. The van der Waals surface area contributed by atoms with Crippen LogP contribution in [0, 0.1) is 0 Å². The maximum Gasteiger partial charge on any atom is 0.252 e. The molecule has 1 aromatic heterocycles. The van der Waals surface area contributed by atoms with Gasteiger partial charge in [-0.3, -0.25) is 9.48 Å². The van der Waals surface area contributed by atoms with E-state index in [2.05, 4.69) is 10.4 Å². The standard InChI is InChI=1S/C12H12Cl2N4O/c13-10-7-8(15)6-9(11(10)14)12(19)16-3-5-18-4-1-2-17-18/h1-2,4,6-7H,3,5,15H2,(H,16,19). The highest BCUT2D eigenvalue weighted by Gasteiger charge is 2.13. The third-order valence-electron chi connectivity index (χ3n) is 2.48. The van der Waals surface area contributed by atoms with E-state index in [1.165, 1.54) is 12.1 Å². The molecule has 19 heavy (non-hydrogen) atoms. The Labute approximate surface area is 120 Å². The van der Waals surface area contributed by atoms with Crippen molar-refractivity contribution in [1.29, 1.82) is 0 Å². The monoisotopic (exact) mass is 298 g/mol. The Bertz CT molecular complexity index is 584. The lowest BCUT2D eigenvalue weighted by Crippen LogP contribution is -2.27. The molecule has 0 aliphatic rings. The number of hydrogen-bond donors (Lipinski definition) is 2. The molecule has 1 amide bonds. The summed E-state index contributed by atoms with van der Waals surface area (Å²) in [5, 5.41) is 7.23. The van der Waals surface area contributed by atoms with Crippen LogP contribution in [0.2, 0.25) is 10.0 Å². The average molecular weight is 299 g/mol. The number of aromatic nitrogens is 2. The molecule has 0 bridgehead atoms. The summed E-state index contributed by atoms with van der Waals surface area (Å²) in [5.41, 5.74) is 6.30. The highest BCUT2D eigenvalue weighted by atomic mass is 35.5. The fraction of sp³-hybridized carbons (Fsp3) is 0.167. The average Bonchev–Trinajstić information content (AvgIpc) is 2.86. The van der Waals surface area contributed by atoms with Crippen molar-refractivity contribution in [2.75, 3.05) is 12.3 Å². The zero-order valence-electron chi connectivity index (χ0n) is 9.94. The first kappa shape index (κ1) is 13.7. The molecule has 100 valence electrons. The van der Waals surface area contributed by atoms with Gasteiger partial charge in [-0.2, -0.15) is 5.10 Å². The van der Waals surface area contributed by atoms with Gasteiger partial charge in [0, 0.05) is 24.6 Å². The van der Waals surface area contributed by atoms with Crippen molar-refractivity contribution in [3.05, 3.63) is 46.2 Å². The van der Waals surface area contributed by atoms with E-state index in [0.29, 0.717) is 18.8 Å². The third-order valence-corrected chi connectivity index (χ3v) is 3.28. The Kier molecular flexibility index (Phi) is 4.29. The topological polar surface area (TPSA) is 72.9 Å². The SMILES string of the molecule is Nc1cc(Cl)c(Cl)c(C(=O)NCCn2cccn2)c1. The summed E-state index contributed by atoms with van der Waals surface area (Å²) in [6.07, 6.45) is 3.49. The van der Waals surface area contributed by atoms with Crippen molar-refractivity contribution in [3.63, 3.8) is 0 Å². The number of nitrogens with one attached hydrogen (secondary N) is 1. The van der Waals surface area contributed by atoms with Crippen LogP contribution in [0.5, 0.6) is 0 Å². The minimum Gasteiger partial charge on any atom is -0.399 e. The van der Waals surface area contributed by atoms with Crippen LogP contribution in [0.1, 0.15) is 10.4 Å². The van der Waals surface area contributed by atoms with Crippen LogP contribution < -0.4 is 11.1 Å². The van der Waals surface area contributed by atoms with Crippen LogP contribution >= 0.6 is 23.2 Å². The first-order chi connectivity index (χ1) is 9.08. The van der Waals surface area contributed by atoms with Crippen LogP contribution in [-0.4, -0.2) is 22.2 Å². The van der Waals surface area contributed by atoms with Crippen molar-refractivity contribution in [2.24, 2.45) is 0 Å². The first-order valence-electron chi connectivity index (χ1n) is 5.58. The summed E-state index contributed by atoms with van der Waals surface area (Å²) >= 11 is 11.8. The second-order valence-electron chi connectivity index (χ2n) is 3.89. The van der Waals surface area contributed by atoms with E-state index in [1.807, 2.05) is 12.3 Å². The Balaban J connectivity index is 2.00. The number of rotatable bonds is 4. The number of nitrogen functional groups attached to an aromatic ring is 1. The minimum atomic E-state index is -0.314. The van der Waals surface area contributed by atoms with E-state index in [4.69, 9.17) is 28.9 Å². The summed E-state index contributed by atoms with van der Waals surface area (Å²) in [7, 11) is 0. The molecule has 0 aliphatic heterocycles. The molecule has 0 saturated carbocycles. The smallest absolute Gasteiger partial charge is 0.252 e. The van der Waals surface area contributed by atoms with E-state index < -0.39 is 0 Å². The molecule has 5 nitrogen and oxygen atoms in total. The predicted molar refractivity (Wildman–Crippen MR) is 75.4 cm³/mol. The molecule has 7 heteroatoms. The fourth-order valence-corrected chi connectivity index (χ4v) is 2.01. The fourth-order valence-electron chi connectivity index (χ4n) is 1.59. The molecule has 0 spiro atoms. The summed E-state index contributed by atoms with van der Waals surface area (Å²) < 4.78 is 1.72. The molecule has 0 aliphatic carbocycles. The molecule has 0 fully saturated rings. The molecule has 2 aromatic rings. The van der Waals surface area contributed by atoms with E-state index in [-0.39, 0.29) is 21.5 Å². The van der Waals surface area contributed by atoms with Gasteiger partial charge >= 0.3 is 0 Å². The van der Waals surface area contributed by atoms with Gasteiger partial charge in [-0.15, -0.1) is 0 Å². The number of hydrogen-bond acceptors (Lipinski definition) is 3. The highest BCUT2D eigenvalue weighted by Crippen LogP contribution is 2.28. The normalized spacial score (nSPS) is 10.4. The van der Waals surface area contributed by atoms with E-state index in [9.17, 15) is 4.79 Å². The Morgan fingerprint density at radius 1 is 1.42 bits per heavy atom. The number of carbonyl (C=O) groups excluding carboxylic acids is 1. The number of halogens is 2. The van der Waals surface area contributed by atoms with Crippen LogP contribution in [0.3, 0.4) is 0 Å². The quantitative estimate of drug-likeness (QED) is 0.850. The molecule has 0 unspecified atom stereocenters. The molecule has 0 atom stereocenters. The van der Waals surface area contributed by atoms with Gasteiger partial charge in [0.1, 0.15) is 0 Å². The highest BCUT2D eigenvalue weighted by molar-refractivity contribution is 6.44. The van der Waals surface area contributed by atoms with Gasteiger partial charge in [0.25, 0.3) is 5.91 Å². The second-order valence-corrected chi connectivity index (χ2v) is 4.67. The van der Waals surface area contributed by atoms with E-state index in [1.54, 1.807) is 10.9 Å². The number of anilines is 1. The van der Waals surface area contributed by atoms with Crippen molar-refractivity contribution >= 4 is 34.8 Å². The Morgan fingerprint density at radius 2 is 2.21 bits per heavy atom. The first-order valence-corrected chi connectivity index (χ1v) is 6.33. The molecule has 0 saturated heterocycles. The van der Waals surface area contributed by atoms with E-state index >= 15 is 0 Å². The zero-order chi connectivity index (χ0) is 13.8. The number of nitrogens with two attached hydrogens (primary N) is 1. The van der Waals surface area contributed by atoms with Gasteiger partial charge in [0.15, 0.2) is 0 Å². The largest absolute Gasteiger partial charge is 0.399 e. The van der Waals surface area contributed by atoms with E-state index in [0.717, 1.165) is 0 Å². The maximum atomic E-state index is 12.0. The lowest BCUT2D eigenvalue weighted by atomic mass is 10.2. The number of benzene rings is 1. The van der Waals surface area contributed by atoms with Gasteiger partial charge in [0.2, 0.25) is 0 Å². The van der Waals surface area contributed by atoms with Crippen LogP contribution in [0.15, 0.2) is 30.6 Å². The van der Waals surface area contributed by atoms with Crippen LogP contribution in [0.4, 0.5) is 5.69 Å². The van der Waals surface area contributed by atoms with Gasteiger partial charge in [-0.25, -0.2) is 0 Å².